The van der Waals surface area contributed by atoms with Gasteiger partial charge >= 0.3 is 29.6 Å². The Bertz CT molecular complexity index is 1760. The minimum atomic E-state index is -2.75. The number of hydrogen-bond acceptors (Lipinski definition) is 13. The summed E-state index contributed by atoms with van der Waals surface area (Å²) in [6.45, 7) is 4.04. The monoisotopic (exact) mass is 670 g/mol. The third-order valence-electron chi connectivity index (χ3n) is 8.41. The maximum absolute atomic E-state index is 13.7. The Hall–Kier alpha value is -3.50. The average Bonchev–Trinajstić information content (AvgIpc) is 2.88. The van der Waals surface area contributed by atoms with Crippen molar-refractivity contribution in [2.75, 3.05) is 14.1 Å². The van der Waals surface area contributed by atoms with Gasteiger partial charge in [0.05, 0.1) is 28.7 Å². The van der Waals surface area contributed by atoms with Gasteiger partial charge in [-0.1, -0.05) is 12.1 Å². The number of aromatic hydroxyl groups is 1. The van der Waals surface area contributed by atoms with Crippen LogP contribution in [0.2, 0.25) is 0 Å². The third kappa shape index (κ3) is 5.79. The predicted octanol–water partition coefficient (Wildman–Crippen LogP) is -2.72. The number of carbonyl (C=O) groups is 4. The van der Waals surface area contributed by atoms with Crippen molar-refractivity contribution >= 4 is 41.4 Å². The fraction of sp³-hybridized carbons (Fsp3) is 0.367. The number of aliphatic hydroxyl groups excluding tert-OH is 2. The first kappa shape index (κ1) is 38.7. The van der Waals surface area contributed by atoms with Crippen LogP contribution in [0.1, 0.15) is 47.5 Å². The molecule has 1 aromatic heterocycles. The molecule has 0 aliphatic heterocycles. The molecule has 5 rings (SSSR count). The molecule has 46 heavy (non-hydrogen) atoms. The Labute approximate surface area is 290 Å². The third-order valence-corrected chi connectivity index (χ3v) is 8.41. The molecule has 2 aromatic rings. The number of phenols is 1. The number of hydrogen-bond donors (Lipinski definition) is 6. The van der Waals surface area contributed by atoms with E-state index in [2.05, 4.69) is 4.42 Å². The molecule has 7 N–H and O–H groups in total. The minimum absolute atomic E-state index is 0. The number of rotatable bonds is 3. The summed E-state index contributed by atoms with van der Waals surface area (Å²) in [6.07, 6.45) is -0.200. The van der Waals surface area contributed by atoms with Gasteiger partial charge in [-0.05, 0) is 64.7 Å². The number of aryl methyl sites for hydroxylation is 1. The zero-order chi connectivity index (χ0) is 33.2. The summed E-state index contributed by atoms with van der Waals surface area (Å²) in [5, 5.41) is 65.8. The van der Waals surface area contributed by atoms with Gasteiger partial charge in [0.25, 0.3) is 5.91 Å². The first-order valence-electron chi connectivity index (χ1n) is 13.3. The fourth-order valence-electron chi connectivity index (χ4n) is 6.40. The van der Waals surface area contributed by atoms with Gasteiger partial charge in [0.2, 0.25) is 5.78 Å². The van der Waals surface area contributed by atoms with E-state index in [1.165, 1.54) is 51.0 Å². The molecule has 0 radical (unpaired) electrons. The molecule has 1 fully saturated rings. The second-order valence-electron chi connectivity index (χ2n) is 11.4. The molecular weight excluding hydrogens is 639 g/mol. The number of benzene rings is 1. The van der Waals surface area contributed by atoms with Gasteiger partial charge in [0.15, 0.2) is 22.6 Å². The number of nitrogens with zero attached hydrogens (tertiary/aromatic N) is 1. The van der Waals surface area contributed by atoms with Gasteiger partial charge in [-0.15, -0.1) is 12.4 Å². The Morgan fingerprint density at radius 3 is 2.20 bits per heavy atom. The van der Waals surface area contributed by atoms with E-state index >= 15 is 0 Å². The van der Waals surface area contributed by atoms with Crippen LogP contribution in [0.15, 0.2) is 50.4 Å². The summed E-state index contributed by atoms with van der Waals surface area (Å²) in [5.74, 6) is -9.10. The van der Waals surface area contributed by atoms with Crippen LogP contribution >= 0.6 is 12.4 Å². The standard InChI is InChI=1S/C22H24N2O8.C8H8O4.ClH.Na/c1-21(31)8-5-4-6-11(25)12(8)16(26)13-9(21)7-10-15(24(2)3)17(27)14(20(23)30)19(29)22(10,32)18(13)28;1-4-3-6(10)7(5(2)9)8(11)12-4;;/h4-6,9-10,15,25-26,29,31-32H,7H2,1-3H3,(H2,23,30);3,11H,1-2H3;1H;/q;;;+1/p-1/t9-,10-,15-,21-,22-;;;/m0.../s1. The summed E-state index contributed by atoms with van der Waals surface area (Å²) in [7, 11) is 3.01. The van der Waals surface area contributed by atoms with Crippen molar-refractivity contribution in [1.82, 2.24) is 4.90 Å². The Morgan fingerprint density at radius 2 is 1.70 bits per heavy atom. The van der Waals surface area contributed by atoms with Crippen molar-refractivity contribution in [3.63, 3.8) is 0 Å². The number of fused-ring (bicyclic) bond motifs is 3. The summed E-state index contributed by atoms with van der Waals surface area (Å²) in [5.41, 5.74) is -1.52. The topological polar surface area (TPSA) is 252 Å². The molecule has 3 aliphatic rings. The zero-order valence-electron chi connectivity index (χ0n) is 25.8. The molecule has 16 heteroatoms. The van der Waals surface area contributed by atoms with Gasteiger partial charge in [0, 0.05) is 17.4 Å². The number of primary amides is 1. The van der Waals surface area contributed by atoms with Gasteiger partial charge in [0.1, 0.15) is 22.8 Å². The van der Waals surface area contributed by atoms with Crippen molar-refractivity contribution < 1.29 is 83.8 Å². The summed E-state index contributed by atoms with van der Waals surface area (Å²) in [4.78, 5) is 61.8. The summed E-state index contributed by atoms with van der Waals surface area (Å²) < 4.78 is 4.57. The maximum atomic E-state index is 13.7. The SMILES string of the molecule is CC(=O)c1c([O-])oc(C)cc1=O.CN(C)[C@@H]1C(=O)C(C(N)=O)=C(O)[C@@]2(O)C(=O)C3=C(O)c4c(O)cccc4[C@](C)(O)[C@H]3C[C@@H]12.Cl.[Na+]. The molecule has 242 valence electrons. The van der Waals surface area contributed by atoms with Crippen LogP contribution in [-0.2, 0) is 20.0 Å². The fourth-order valence-corrected chi connectivity index (χ4v) is 6.40. The van der Waals surface area contributed by atoms with Crippen LogP contribution in [0.25, 0.3) is 5.76 Å². The normalized spacial score (nSPS) is 26.5. The molecule has 1 heterocycles. The number of Topliss-reactive ketones (excluding diaryl/α,β-unsaturated/α-hetero) is 3. The van der Waals surface area contributed by atoms with Crippen molar-refractivity contribution in [2.45, 2.75) is 44.4 Å². The quantitative estimate of drug-likeness (QED) is 0.110. The van der Waals surface area contributed by atoms with E-state index in [4.69, 9.17) is 5.73 Å². The largest absolute Gasteiger partial charge is 1.00 e. The van der Waals surface area contributed by atoms with E-state index in [9.17, 15) is 54.6 Å². The molecule has 5 atom stereocenters. The number of nitrogens with two attached hydrogens (primary N) is 1. The molecule has 0 spiro atoms. The van der Waals surface area contributed by atoms with E-state index in [-0.39, 0.29) is 65.3 Å². The molecule has 1 aromatic carbocycles. The molecule has 1 saturated carbocycles. The second kappa shape index (κ2) is 13.3. The van der Waals surface area contributed by atoms with Crippen LogP contribution < -0.4 is 45.8 Å². The van der Waals surface area contributed by atoms with Crippen molar-refractivity contribution in [3.05, 3.63) is 73.8 Å². The number of phenolic OH excluding ortho intramolecular Hbond substituents is 1. The number of halogens is 1. The first-order valence-corrected chi connectivity index (χ1v) is 13.3. The zero-order valence-corrected chi connectivity index (χ0v) is 28.6. The minimum Gasteiger partial charge on any atom is -0.583 e. The Balaban J connectivity index is 0.000000447. The number of ketones is 3. The van der Waals surface area contributed by atoms with Crippen molar-refractivity contribution in [3.8, 4) is 11.7 Å². The first-order chi connectivity index (χ1) is 20.3. The Morgan fingerprint density at radius 1 is 1.11 bits per heavy atom. The van der Waals surface area contributed by atoms with E-state index in [1.807, 2.05) is 0 Å². The van der Waals surface area contributed by atoms with Crippen molar-refractivity contribution in [1.29, 1.82) is 0 Å². The maximum Gasteiger partial charge on any atom is 1.00 e. The van der Waals surface area contributed by atoms with Crippen molar-refractivity contribution in [2.24, 2.45) is 17.6 Å². The molecule has 0 bridgehead atoms. The van der Waals surface area contributed by atoms with Gasteiger partial charge in [-0.2, -0.15) is 0 Å². The summed E-state index contributed by atoms with van der Waals surface area (Å²) in [6, 6.07) is 4.14. The van der Waals surface area contributed by atoms with Crippen LogP contribution in [0, 0.1) is 18.8 Å². The van der Waals surface area contributed by atoms with E-state index in [0.29, 0.717) is 0 Å². The molecule has 14 nitrogen and oxygen atoms in total. The van der Waals surface area contributed by atoms with Gasteiger partial charge in [-0.3, -0.25) is 28.9 Å². The number of carbonyl (C=O) groups excluding carboxylic acids is 4. The van der Waals surface area contributed by atoms with E-state index in [1.54, 1.807) is 0 Å². The Kier molecular flexibility index (Phi) is 11.2. The molecule has 0 saturated heterocycles. The number of aliphatic hydroxyl groups is 4. The van der Waals surface area contributed by atoms with Crippen LogP contribution in [0.5, 0.6) is 11.7 Å². The molecular formula is C30H32ClN2NaO12. The molecule has 0 unspecified atom stereocenters. The van der Waals surface area contributed by atoms with E-state index in [0.717, 1.165) is 13.0 Å². The van der Waals surface area contributed by atoms with Crippen LogP contribution in [0.3, 0.4) is 0 Å². The van der Waals surface area contributed by atoms with E-state index < -0.39 is 97.7 Å². The van der Waals surface area contributed by atoms with Gasteiger partial charge in [-0.25, -0.2) is 0 Å². The number of likely N-dealkylation sites (N-methyl/N-ethyl adjacent to an activating group) is 1. The predicted molar refractivity (Wildman–Crippen MR) is 157 cm³/mol. The summed E-state index contributed by atoms with van der Waals surface area (Å²) >= 11 is 0. The van der Waals surface area contributed by atoms with Crippen LogP contribution in [0.4, 0.5) is 0 Å². The average molecular weight is 671 g/mol. The second-order valence-corrected chi connectivity index (χ2v) is 11.4. The molecule has 3 aliphatic carbocycles. The van der Waals surface area contributed by atoms with Crippen LogP contribution in [-0.4, -0.2) is 79.4 Å². The smallest absolute Gasteiger partial charge is 0.583 e. The molecule has 1 amide bonds. The number of amides is 1. The van der Waals surface area contributed by atoms with Gasteiger partial charge < -0.3 is 40.8 Å².